The Morgan fingerprint density at radius 1 is 1.35 bits per heavy atom. The summed E-state index contributed by atoms with van der Waals surface area (Å²) >= 11 is 8.95. The Kier molecular flexibility index (Phi) is 6.06. The second-order valence-corrected chi connectivity index (χ2v) is 8.41. The molecule has 3 rings (SSSR count). The van der Waals surface area contributed by atoms with Crippen LogP contribution in [0, 0.1) is 13.8 Å². The van der Waals surface area contributed by atoms with E-state index in [9.17, 15) is 4.79 Å². The quantitative estimate of drug-likeness (QED) is 0.237. The average molecular weight is 407 g/mol. The van der Waals surface area contributed by atoms with Gasteiger partial charge < -0.3 is 4.74 Å². The fourth-order valence-corrected chi connectivity index (χ4v) is 4.55. The van der Waals surface area contributed by atoms with Gasteiger partial charge in [0.15, 0.2) is 5.16 Å². The molecule has 0 spiro atoms. The number of thiophene rings is 1. The van der Waals surface area contributed by atoms with E-state index in [1.54, 1.807) is 34.1 Å². The maximum atomic E-state index is 12.9. The van der Waals surface area contributed by atoms with Crippen molar-refractivity contribution < 1.29 is 4.74 Å². The molecule has 0 N–H and O–H groups in total. The van der Waals surface area contributed by atoms with Gasteiger partial charge in [-0.05, 0) is 43.7 Å². The van der Waals surface area contributed by atoms with Gasteiger partial charge in [-0.25, -0.2) is 4.98 Å². The first-order valence-corrected chi connectivity index (χ1v) is 10.3. The molecule has 2 heterocycles. The third-order valence-corrected chi connectivity index (χ3v) is 6.26. The molecule has 136 valence electrons. The van der Waals surface area contributed by atoms with Gasteiger partial charge >= 0.3 is 0 Å². The summed E-state index contributed by atoms with van der Waals surface area (Å²) in [4.78, 5) is 19.5. The molecule has 0 saturated carbocycles. The van der Waals surface area contributed by atoms with E-state index in [0.717, 1.165) is 26.4 Å². The largest absolute Gasteiger partial charge is 0.493 e. The maximum Gasteiger partial charge on any atom is 0.263 e. The topological polar surface area (TPSA) is 44.1 Å². The molecular weight excluding hydrogens is 388 g/mol. The van der Waals surface area contributed by atoms with Gasteiger partial charge in [0.25, 0.3) is 5.56 Å². The Bertz CT molecular complexity index is 993. The second kappa shape index (κ2) is 8.29. The number of hydrogen-bond donors (Lipinski definition) is 0. The summed E-state index contributed by atoms with van der Waals surface area (Å²) in [5, 5.41) is 2.10. The van der Waals surface area contributed by atoms with Gasteiger partial charge in [-0.1, -0.05) is 29.4 Å². The predicted octanol–water partition coefficient (Wildman–Crippen LogP) is 5.09. The third kappa shape index (κ3) is 3.98. The minimum Gasteiger partial charge on any atom is -0.493 e. The molecule has 4 nitrogen and oxygen atoms in total. The van der Waals surface area contributed by atoms with E-state index >= 15 is 0 Å². The minimum atomic E-state index is -0.00197. The van der Waals surface area contributed by atoms with Crippen molar-refractivity contribution in [2.75, 3.05) is 12.4 Å². The normalized spacial score (nSPS) is 11.0. The van der Waals surface area contributed by atoms with Crippen molar-refractivity contribution in [1.29, 1.82) is 0 Å². The molecule has 0 amide bonds. The van der Waals surface area contributed by atoms with E-state index in [4.69, 9.17) is 21.3 Å². The van der Waals surface area contributed by atoms with E-state index in [2.05, 4.69) is 6.58 Å². The first-order chi connectivity index (χ1) is 12.5. The summed E-state index contributed by atoms with van der Waals surface area (Å²) in [6.07, 6.45) is 1.72. The van der Waals surface area contributed by atoms with Crippen molar-refractivity contribution in [3.05, 3.63) is 62.7 Å². The average Bonchev–Trinajstić information content (AvgIpc) is 2.90. The molecule has 0 aliphatic heterocycles. The van der Waals surface area contributed by atoms with Crippen molar-refractivity contribution in [2.24, 2.45) is 0 Å². The fraction of sp³-hybridized carbons (Fsp3) is 0.263. The third-order valence-electron chi connectivity index (χ3n) is 3.96. The molecule has 2 aromatic heterocycles. The monoisotopic (exact) mass is 406 g/mol. The number of nitrogens with zero attached hydrogens (tertiary/aromatic N) is 2. The molecule has 0 aliphatic rings. The van der Waals surface area contributed by atoms with Gasteiger partial charge in [-0.2, -0.15) is 0 Å². The Balaban J connectivity index is 1.78. The van der Waals surface area contributed by atoms with Crippen molar-refractivity contribution in [2.45, 2.75) is 25.5 Å². The summed E-state index contributed by atoms with van der Waals surface area (Å²) in [6.45, 7) is 8.71. The molecule has 0 bridgehead atoms. The molecule has 0 atom stereocenters. The highest BCUT2D eigenvalue weighted by Crippen LogP contribution is 2.28. The van der Waals surface area contributed by atoms with Gasteiger partial charge in [0.1, 0.15) is 10.6 Å². The fourth-order valence-electron chi connectivity index (χ4n) is 2.53. The number of rotatable bonds is 7. The molecule has 26 heavy (non-hydrogen) atoms. The zero-order chi connectivity index (χ0) is 18.7. The minimum absolute atomic E-state index is 0.00197. The zero-order valence-corrected chi connectivity index (χ0v) is 17.0. The molecule has 0 saturated heterocycles. The lowest BCUT2D eigenvalue weighted by molar-refractivity contribution is 0.344. The number of allylic oxidation sites excluding steroid dienone is 1. The van der Waals surface area contributed by atoms with E-state index < -0.39 is 0 Å². The lowest BCUT2D eigenvalue weighted by atomic mass is 10.2. The Hall–Kier alpha value is -1.76. The Labute approximate surface area is 165 Å². The van der Waals surface area contributed by atoms with Gasteiger partial charge in [0.2, 0.25) is 0 Å². The van der Waals surface area contributed by atoms with Crippen LogP contribution < -0.4 is 10.3 Å². The molecule has 1 aromatic carbocycles. The van der Waals surface area contributed by atoms with Gasteiger partial charge in [0.05, 0.1) is 12.0 Å². The second-order valence-electron chi connectivity index (χ2n) is 5.71. The van der Waals surface area contributed by atoms with Crippen molar-refractivity contribution in [3.8, 4) is 5.75 Å². The summed E-state index contributed by atoms with van der Waals surface area (Å²) < 4.78 is 7.39. The number of aromatic nitrogens is 2. The SMILES string of the molecule is C=CCn1c(SCCOc2ccc(Cl)cc2)nc2sc(C)c(C)c2c1=O. The van der Waals surface area contributed by atoms with Crippen LogP contribution in [0.3, 0.4) is 0 Å². The van der Waals surface area contributed by atoms with Crippen LogP contribution in [0.25, 0.3) is 10.2 Å². The summed E-state index contributed by atoms with van der Waals surface area (Å²) in [5.41, 5.74) is 1.01. The number of thioether (sulfide) groups is 1. The number of aryl methyl sites for hydroxylation is 2. The van der Waals surface area contributed by atoms with Crippen LogP contribution in [0.15, 0.2) is 46.9 Å². The highest BCUT2D eigenvalue weighted by Gasteiger charge is 2.16. The number of benzene rings is 1. The lowest BCUT2D eigenvalue weighted by Crippen LogP contribution is -2.23. The molecule has 7 heteroatoms. The summed E-state index contributed by atoms with van der Waals surface area (Å²) in [6, 6.07) is 7.26. The number of hydrogen-bond acceptors (Lipinski definition) is 5. The van der Waals surface area contributed by atoms with Crippen LogP contribution in [0.2, 0.25) is 5.02 Å². The predicted molar refractivity (Wildman–Crippen MR) is 111 cm³/mol. The van der Waals surface area contributed by atoms with E-state index in [1.165, 1.54) is 11.8 Å². The number of halogens is 1. The molecule has 0 unspecified atom stereocenters. The smallest absolute Gasteiger partial charge is 0.263 e. The number of ether oxygens (including phenoxy) is 1. The zero-order valence-electron chi connectivity index (χ0n) is 14.6. The van der Waals surface area contributed by atoms with Crippen molar-refractivity contribution >= 4 is 44.9 Å². The lowest BCUT2D eigenvalue weighted by Gasteiger charge is -2.11. The van der Waals surface area contributed by atoms with Crippen molar-refractivity contribution in [3.63, 3.8) is 0 Å². The standard InChI is InChI=1S/C19H19ClN2O2S2/c1-4-9-22-18(23)16-12(2)13(3)26-17(16)21-19(22)25-11-10-24-15-7-5-14(20)6-8-15/h4-8H,1,9-11H2,2-3H3. The van der Waals surface area contributed by atoms with Gasteiger partial charge in [0, 0.05) is 22.2 Å². The van der Waals surface area contributed by atoms with Crippen LogP contribution in [0.5, 0.6) is 5.75 Å². The van der Waals surface area contributed by atoms with Gasteiger partial charge in [-0.3, -0.25) is 9.36 Å². The maximum absolute atomic E-state index is 12.9. The van der Waals surface area contributed by atoms with E-state index in [0.29, 0.717) is 29.1 Å². The highest BCUT2D eigenvalue weighted by atomic mass is 35.5. The van der Waals surface area contributed by atoms with Crippen molar-refractivity contribution in [1.82, 2.24) is 9.55 Å². The summed E-state index contributed by atoms with van der Waals surface area (Å²) in [7, 11) is 0. The van der Waals surface area contributed by atoms with Gasteiger partial charge in [-0.15, -0.1) is 17.9 Å². The Morgan fingerprint density at radius 3 is 2.77 bits per heavy atom. The Morgan fingerprint density at radius 2 is 2.08 bits per heavy atom. The van der Waals surface area contributed by atoms with Crippen LogP contribution in [0.1, 0.15) is 10.4 Å². The van der Waals surface area contributed by atoms with Crippen LogP contribution in [-0.4, -0.2) is 21.9 Å². The van der Waals surface area contributed by atoms with E-state index in [-0.39, 0.29) is 5.56 Å². The first kappa shape index (κ1) is 19.0. The molecule has 0 fully saturated rings. The first-order valence-electron chi connectivity index (χ1n) is 8.14. The van der Waals surface area contributed by atoms with Crippen LogP contribution >= 0.6 is 34.7 Å². The molecule has 3 aromatic rings. The summed E-state index contributed by atoms with van der Waals surface area (Å²) in [5.74, 6) is 1.45. The van der Waals surface area contributed by atoms with Crippen LogP contribution in [0.4, 0.5) is 0 Å². The highest BCUT2D eigenvalue weighted by molar-refractivity contribution is 7.99. The van der Waals surface area contributed by atoms with E-state index in [1.807, 2.05) is 26.0 Å². The number of fused-ring (bicyclic) bond motifs is 1. The molecular formula is C19H19ClN2O2S2. The molecule has 0 aliphatic carbocycles. The molecule has 0 radical (unpaired) electrons. The van der Waals surface area contributed by atoms with Crippen LogP contribution in [-0.2, 0) is 6.54 Å².